The molecular weight excluding hydrogens is 484 g/mol. The number of aryl methyl sites for hydroxylation is 1. The van der Waals surface area contributed by atoms with Crippen LogP contribution in [0.4, 0.5) is 5.69 Å². The molecular formula is C30H26N2O6. The van der Waals surface area contributed by atoms with Crippen LogP contribution in [0.15, 0.2) is 76.0 Å². The van der Waals surface area contributed by atoms with Crippen LogP contribution in [0.25, 0.3) is 10.8 Å². The van der Waals surface area contributed by atoms with Gasteiger partial charge in [0.2, 0.25) is 12.4 Å². The van der Waals surface area contributed by atoms with Crippen LogP contribution in [-0.4, -0.2) is 28.6 Å². The lowest BCUT2D eigenvalue weighted by atomic mass is 9.74. The van der Waals surface area contributed by atoms with Gasteiger partial charge in [-0.3, -0.25) is 4.79 Å². The Labute approximate surface area is 219 Å². The van der Waals surface area contributed by atoms with Gasteiger partial charge in [-0.25, -0.2) is 4.79 Å². The van der Waals surface area contributed by atoms with Gasteiger partial charge in [0.1, 0.15) is 0 Å². The zero-order valence-corrected chi connectivity index (χ0v) is 21.2. The highest BCUT2D eigenvalue weighted by molar-refractivity contribution is 6.01. The number of nitrogens with one attached hydrogen (secondary N) is 1. The van der Waals surface area contributed by atoms with Gasteiger partial charge in [0, 0.05) is 28.6 Å². The van der Waals surface area contributed by atoms with Crippen LogP contribution in [0.2, 0.25) is 0 Å². The molecule has 2 N–H and O–H groups in total. The van der Waals surface area contributed by atoms with E-state index < -0.39 is 22.5 Å². The number of fused-ring (bicyclic) bond motifs is 2. The molecule has 8 nitrogen and oxygen atoms in total. The van der Waals surface area contributed by atoms with Gasteiger partial charge >= 0.3 is 5.63 Å². The van der Waals surface area contributed by atoms with Crippen LogP contribution in [0.3, 0.4) is 0 Å². The minimum absolute atomic E-state index is 0.0385. The number of para-hydroxylation sites is 1. The van der Waals surface area contributed by atoms with Crippen LogP contribution in [-0.2, 0) is 10.2 Å². The summed E-state index contributed by atoms with van der Waals surface area (Å²) in [5.41, 5.74) is -1.06. The first-order chi connectivity index (χ1) is 18.2. The van der Waals surface area contributed by atoms with E-state index in [0.29, 0.717) is 39.2 Å². The molecule has 0 saturated carbocycles. The standard InChI is InChI=1S/C30H26N2O6/c1-19-23-16-21(12-13-22(23)27(33)38-32-19)31-28(34)30(35,15-14-20-8-5-4-6-9-20)17-29(2,3)24-10-7-11-25-26(24)37-18-36-25/h4-13,16,35H,17-18H2,1-3H3,(H,31,34). The van der Waals surface area contributed by atoms with E-state index in [4.69, 9.17) is 14.0 Å². The smallest absolute Gasteiger partial charge is 0.366 e. The van der Waals surface area contributed by atoms with Crippen molar-refractivity contribution in [3.8, 4) is 23.3 Å². The third-order valence-corrected chi connectivity index (χ3v) is 6.54. The fraction of sp³-hybridized carbons (Fsp3) is 0.233. The number of amides is 1. The molecule has 4 aromatic rings. The number of rotatable bonds is 5. The fourth-order valence-electron chi connectivity index (χ4n) is 4.62. The summed E-state index contributed by atoms with van der Waals surface area (Å²) in [5, 5.41) is 19.2. The molecule has 0 bridgehead atoms. The molecule has 1 unspecified atom stereocenters. The second-order valence-electron chi connectivity index (χ2n) is 9.85. The molecule has 38 heavy (non-hydrogen) atoms. The van der Waals surface area contributed by atoms with Crippen molar-refractivity contribution < 1.29 is 23.9 Å². The number of hydrogen-bond acceptors (Lipinski definition) is 7. The van der Waals surface area contributed by atoms with Crippen LogP contribution in [0.1, 0.15) is 37.1 Å². The van der Waals surface area contributed by atoms with Gasteiger partial charge in [0.25, 0.3) is 5.91 Å². The molecule has 0 aliphatic carbocycles. The van der Waals surface area contributed by atoms with Gasteiger partial charge in [0.15, 0.2) is 11.5 Å². The number of aliphatic hydroxyl groups is 1. The second kappa shape index (κ2) is 9.69. The molecule has 8 heteroatoms. The fourth-order valence-corrected chi connectivity index (χ4v) is 4.62. The van der Waals surface area contributed by atoms with Crippen LogP contribution in [0, 0.1) is 18.8 Å². The van der Waals surface area contributed by atoms with Crippen molar-refractivity contribution in [3.63, 3.8) is 0 Å². The van der Waals surface area contributed by atoms with Crippen molar-refractivity contribution in [3.05, 3.63) is 94.0 Å². The molecule has 1 aliphatic heterocycles. The molecule has 3 aromatic carbocycles. The molecule has 1 atom stereocenters. The number of hydrogen-bond donors (Lipinski definition) is 2. The summed E-state index contributed by atoms with van der Waals surface area (Å²) < 4.78 is 16.0. The number of benzene rings is 3. The molecule has 0 radical (unpaired) electrons. The summed E-state index contributed by atoms with van der Waals surface area (Å²) in [7, 11) is 0. The third kappa shape index (κ3) is 4.84. The summed E-state index contributed by atoms with van der Waals surface area (Å²) in [6.07, 6.45) is -0.0385. The van der Waals surface area contributed by atoms with Gasteiger partial charge in [-0.05, 0) is 48.7 Å². The Kier molecular flexibility index (Phi) is 6.39. The molecule has 2 heterocycles. The third-order valence-electron chi connectivity index (χ3n) is 6.54. The molecule has 0 saturated heterocycles. The van der Waals surface area contributed by atoms with E-state index in [0.717, 1.165) is 5.56 Å². The van der Waals surface area contributed by atoms with Crippen molar-refractivity contribution in [1.29, 1.82) is 0 Å². The highest BCUT2D eigenvalue weighted by atomic mass is 16.7. The topological polar surface area (TPSA) is 111 Å². The van der Waals surface area contributed by atoms with Crippen LogP contribution in [0.5, 0.6) is 11.5 Å². The largest absolute Gasteiger partial charge is 0.454 e. The van der Waals surface area contributed by atoms with Gasteiger partial charge in [-0.2, -0.15) is 0 Å². The maximum atomic E-state index is 13.7. The molecule has 192 valence electrons. The average Bonchev–Trinajstić information content (AvgIpc) is 3.39. The summed E-state index contributed by atoms with van der Waals surface area (Å²) in [5.74, 6) is 6.27. The van der Waals surface area contributed by atoms with Crippen molar-refractivity contribution >= 4 is 22.4 Å². The normalized spacial score (nSPS) is 13.9. The van der Waals surface area contributed by atoms with E-state index >= 15 is 0 Å². The molecule has 0 spiro atoms. The quantitative estimate of drug-likeness (QED) is 0.385. The first kappa shape index (κ1) is 25.1. The lowest BCUT2D eigenvalue weighted by Crippen LogP contribution is -2.46. The number of anilines is 1. The number of ether oxygens (including phenoxy) is 2. The summed E-state index contributed by atoms with van der Waals surface area (Å²) in [4.78, 5) is 25.7. The molecule has 5 rings (SSSR count). The molecule has 0 fully saturated rings. The van der Waals surface area contributed by atoms with Gasteiger partial charge in [-0.15, -0.1) is 0 Å². The van der Waals surface area contributed by atoms with Crippen molar-refractivity contribution in [1.82, 2.24) is 5.16 Å². The Morgan fingerprint density at radius 1 is 1.05 bits per heavy atom. The highest BCUT2D eigenvalue weighted by Crippen LogP contribution is 2.44. The first-order valence-corrected chi connectivity index (χ1v) is 12.1. The predicted octanol–water partition coefficient (Wildman–Crippen LogP) is 4.31. The minimum atomic E-state index is -2.08. The second-order valence-corrected chi connectivity index (χ2v) is 9.85. The maximum absolute atomic E-state index is 13.7. The lowest BCUT2D eigenvalue weighted by molar-refractivity contribution is -0.130. The number of nitrogens with zero attached hydrogens (tertiary/aromatic N) is 1. The van der Waals surface area contributed by atoms with E-state index in [9.17, 15) is 14.7 Å². The van der Waals surface area contributed by atoms with E-state index in [-0.39, 0.29) is 13.2 Å². The minimum Gasteiger partial charge on any atom is -0.454 e. The van der Waals surface area contributed by atoms with Crippen molar-refractivity contribution in [2.24, 2.45) is 0 Å². The Bertz CT molecular complexity index is 1650. The SMILES string of the molecule is Cc1noc(=O)c2ccc(NC(=O)C(O)(C#Cc3ccccc3)CC(C)(C)c3cccc4c3OCO4)cc12. The average molecular weight is 511 g/mol. The van der Waals surface area contributed by atoms with E-state index in [1.165, 1.54) is 0 Å². The zero-order valence-electron chi connectivity index (χ0n) is 21.2. The van der Waals surface area contributed by atoms with Gasteiger partial charge in [-0.1, -0.05) is 61.2 Å². The van der Waals surface area contributed by atoms with Crippen molar-refractivity contribution in [2.75, 3.05) is 12.1 Å². The van der Waals surface area contributed by atoms with Gasteiger partial charge in [0.05, 0.1) is 11.1 Å². The monoisotopic (exact) mass is 510 g/mol. The highest BCUT2D eigenvalue weighted by Gasteiger charge is 2.42. The lowest BCUT2D eigenvalue weighted by Gasteiger charge is -2.33. The number of carbonyl (C=O) groups excluding carboxylic acids is 1. The van der Waals surface area contributed by atoms with E-state index in [2.05, 4.69) is 22.3 Å². The first-order valence-electron chi connectivity index (χ1n) is 12.1. The molecule has 1 amide bonds. The summed E-state index contributed by atoms with van der Waals surface area (Å²) in [6, 6.07) is 19.4. The Balaban J connectivity index is 1.52. The van der Waals surface area contributed by atoms with Crippen LogP contribution >= 0.6 is 0 Å². The van der Waals surface area contributed by atoms with Crippen molar-refractivity contribution in [2.45, 2.75) is 38.2 Å². The van der Waals surface area contributed by atoms with Crippen LogP contribution < -0.4 is 20.4 Å². The Hall–Kier alpha value is -4.61. The molecule has 1 aliphatic rings. The Morgan fingerprint density at radius 2 is 1.84 bits per heavy atom. The zero-order chi connectivity index (χ0) is 26.9. The van der Waals surface area contributed by atoms with Gasteiger partial charge < -0.3 is 24.4 Å². The summed E-state index contributed by atoms with van der Waals surface area (Å²) in [6.45, 7) is 5.63. The number of aromatic nitrogens is 1. The number of carbonyl (C=O) groups is 1. The maximum Gasteiger partial charge on any atom is 0.366 e. The Morgan fingerprint density at radius 3 is 2.63 bits per heavy atom. The molecule has 1 aromatic heterocycles. The van der Waals surface area contributed by atoms with E-state index in [1.54, 1.807) is 37.3 Å². The predicted molar refractivity (Wildman–Crippen MR) is 142 cm³/mol. The summed E-state index contributed by atoms with van der Waals surface area (Å²) >= 11 is 0. The van der Waals surface area contributed by atoms with E-state index in [1.807, 2.05) is 50.2 Å².